The molecular formula is C9H21O4V. The normalized spacial score (nSPS) is 6.93. The van der Waals surface area contributed by atoms with Crippen LogP contribution in [0.15, 0.2) is 0 Å². The molecule has 0 atom stereocenters. The topological polar surface area (TPSA) is 89.1 Å². The van der Waals surface area contributed by atoms with Crippen molar-refractivity contribution in [1.82, 2.24) is 0 Å². The van der Waals surface area contributed by atoms with Crippen molar-refractivity contribution in [2.45, 2.75) is 40.0 Å². The van der Waals surface area contributed by atoms with E-state index >= 15 is 0 Å². The van der Waals surface area contributed by atoms with Crippen molar-refractivity contribution in [2.24, 2.45) is 0 Å². The van der Waals surface area contributed by atoms with Gasteiger partial charge >= 0.3 is 21.8 Å². The van der Waals surface area contributed by atoms with Gasteiger partial charge in [0.1, 0.15) is 0 Å². The van der Waals surface area contributed by atoms with Gasteiger partial charge in [-0.2, -0.15) is 0 Å². The predicted molar refractivity (Wildman–Crippen MR) is 46.2 cm³/mol. The first-order valence-corrected chi connectivity index (χ1v) is 5.24. The van der Waals surface area contributed by atoms with Crippen LogP contribution in [-0.2, 0) is 21.8 Å². The molecule has 5 heteroatoms. The average molecular weight is 244 g/mol. The van der Waals surface area contributed by atoms with Gasteiger partial charge in [0.15, 0.2) is 0 Å². The first-order chi connectivity index (χ1) is 6.74. The summed E-state index contributed by atoms with van der Waals surface area (Å²) in [4.78, 5) is 0. The first kappa shape index (κ1) is 23.9. The maximum absolute atomic E-state index is 9.30. The Kier molecular flexibility index (Phi) is 85.8. The van der Waals surface area contributed by atoms with Crippen LogP contribution in [0, 0.1) is 0 Å². The third kappa shape index (κ3) is 138. The molecule has 1 radical (unpaired) electrons. The van der Waals surface area contributed by atoms with Gasteiger partial charge in [0, 0.05) is 0 Å². The fourth-order valence-electron chi connectivity index (χ4n) is 0. The molecule has 0 unspecified atom stereocenters. The summed E-state index contributed by atoms with van der Waals surface area (Å²) in [6.07, 6.45) is 2.29. The Bertz CT molecular complexity index is 32.3. The van der Waals surface area contributed by atoms with Gasteiger partial charge in [-0.3, -0.25) is 0 Å². The molecule has 0 saturated carbocycles. The fraction of sp³-hybridized carbons (Fsp3) is 1.00. The molecule has 0 rings (SSSR count). The van der Waals surface area contributed by atoms with E-state index in [0.717, 1.165) is 37.0 Å². The Morgan fingerprint density at radius 1 is 0.714 bits per heavy atom. The summed E-state index contributed by atoms with van der Waals surface area (Å²) in [6, 6.07) is 0. The number of hydrogen-bond acceptors (Lipinski definition) is 3. The Hall–Kier alpha value is 0.424. The molecule has 0 spiro atoms. The second-order valence-electron chi connectivity index (χ2n) is 2.11. The Morgan fingerprint density at radius 2 is 0.786 bits per heavy atom. The third-order valence-corrected chi connectivity index (χ3v) is 0.612. The van der Waals surface area contributed by atoms with E-state index in [-0.39, 0.29) is 19.8 Å². The van der Waals surface area contributed by atoms with Crippen LogP contribution >= 0.6 is 0 Å². The molecule has 86 valence electrons. The minimum absolute atomic E-state index is 0.0694. The zero-order valence-corrected chi connectivity index (χ0v) is 10.7. The Balaban J connectivity index is -0.0000000492. The van der Waals surface area contributed by atoms with E-state index in [2.05, 4.69) is 0 Å². The molecule has 0 aliphatic rings. The van der Waals surface area contributed by atoms with E-state index in [9.17, 15) is 15.3 Å². The van der Waals surface area contributed by atoms with Gasteiger partial charge in [0.05, 0.1) is 0 Å². The van der Waals surface area contributed by atoms with Gasteiger partial charge in [-0.25, -0.2) is 0 Å². The zero-order chi connectivity index (χ0) is 12.2. The van der Waals surface area contributed by atoms with Gasteiger partial charge in [-0.1, -0.05) is 40.0 Å². The molecule has 0 aromatic carbocycles. The summed E-state index contributed by atoms with van der Waals surface area (Å²) >= 11 is 1.06. The average Bonchev–Trinajstić information content (AvgIpc) is 2.31. The summed E-state index contributed by atoms with van der Waals surface area (Å²) in [5.74, 6) is 0. The second kappa shape index (κ2) is 50.2. The van der Waals surface area contributed by atoms with Gasteiger partial charge in [-0.05, 0) is 0 Å². The molecular weight excluding hydrogens is 223 g/mol. The van der Waals surface area contributed by atoms with Crippen LogP contribution in [0.5, 0.6) is 0 Å². The Labute approximate surface area is 97.3 Å². The molecule has 0 aliphatic carbocycles. The van der Waals surface area contributed by atoms with Crippen LogP contribution in [-0.4, -0.2) is 19.8 Å². The molecule has 14 heavy (non-hydrogen) atoms. The first-order valence-electron chi connectivity index (χ1n) is 4.67. The van der Waals surface area contributed by atoms with Crippen molar-refractivity contribution in [3.05, 3.63) is 0 Å². The number of hydrogen-bond donors (Lipinski definition) is 0. The second-order valence-corrected chi connectivity index (χ2v) is 2.11. The van der Waals surface area contributed by atoms with Gasteiger partial charge in [0.2, 0.25) is 0 Å². The molecule has 0 saturated heterocycles. The molecule has 0 fully saturated rings. The zero-order valence-electron chi connectivity index (χ0n) is 9.32. The van der Waals surface area contributed by atoms with Crippen LogP contribution in [0.2, 0.25) is 0 Å². The summed E-state index contributed by atoms with van der Waals surface area (Å²) in [5.41, 5.74) is 0. The van der Waals surface area contributed by atoms with Crippen molar-refractivity contribution in [3.8, 4) is 0 Å². The molecule has 0 aromatic rings. The molecule has 0 amide bonds. The minimum atomic E-state index is 0.0694. The van der Waals surface area contributed by atoms with E-state index in [1.807, 2.05) is 20.8 Å². The van der Waals surface area contributed by atoms with E-state index in [1.165, 1.54) is 0 Å². The van der Waals surface area contributed by atoms with Crippen LogP contribution in [0.4, 0.5) is 0 Å². The van der Waals surface area contributed by atoms with Gasteiger partial charge in [0.25, 0.3) is 0 Å². The van der Waals surface area contributed by atoms with E-state index in [0.29, 0.717) is 0 Å². The number of rotatable bonds is 3. The van der Waals surface area contributed by atoms with Crippen molar-refractivity contribution in [3.63, 3.8) is 0 Å². The predicted octanol–water partition coefficient (Wildman–Crippen LogP) is -0.851. The summed E-state index contributed by atoms with van der Waals surface area (Å²) in [5, 5.41) is 27.9. The molecule has 4 nitrogen and oxygen atoms in total. The van der Waals surface area contributed by atoms with Crippen molar-refractivity contribution >= 4 is 0 Å². The SMILES string of the molecule is CCC[O-].CCC[O-].CCC[O-].[O][V+3]. The van der Waals surface area contributed by atoms with Crippen molar-refractivity contribution < 1.29 is 37.1 Å². The van der Waals surface area contributed by atoms with Crippen LogP contribution in [0.25, 0.3) is 0 Å². The summed E-state index contributed by atoms with van der Waals surface area (Å²) in [6.45, 7) is 5.81. The van der Waals surface area contributed by atoms with E-state index in [4.69, 9.17) is 4.03 Å². The third-order valence-electron chi connectivity index (χ3n) is 0.612. The van der Waals surface area contributed by atoms with E-state index in [1.54, 1.807) is 0 Å². The monoisotopic (exact) mass is 244 g/mol. The molecule has 0 aliphatic heterocycles. The van der Waals surface area contributed by atoms with Crippen LogP contribution in [0.1, 0.15) is 40.0 Å². The Morgan fingerprint density at radius 3 is 0.786 bits per heavy atom. The van der Waals surface area contributed by atoms with Gasteiger partial charge in [-0.15, -0.1) is 19.8 Å². The molecule has 0 aromatic heterocycles. The molecule has 0 heterocycles. The molecule has 0 bridgehead atoms. The molecule has 0 N–H and O–H groups in total. The van der Waals surface area contributed by atoms with Crippen LogP contribution in [0.3, 0.4) is 0 Å². The standard InChI is InChI=1S/3C3H7O.O.V/c3*1-2-3-4;;/h3*2-3H2,1H3;;/q3*-1;;+3. The van der Waals surface area contributed by atoms with Gasteiger partial charge < -0.3 is 15.3 Å². The maximum atomic E-state index is 9.30. The van der Waals surface area contributed by atoms with Crippen molar-refractivity contribution in [2.75, 3.05) is 19.8 Å². The summed E-state index contributed by atoms with van der Waals surface area (Å²) in [7, 11) is 0. The van der Waals surface area contributed by atoms with E-state index < -0.39 is 0 Å². The van der Waals surface area contributed by atoms with Crippen molar-refractivity contribution in [1.29, 1.82) is 0 Å². The fourth-order valence-corrected chi connectivity index (χ4v) is 0. The van der Waals surface area contributed by atoms with Crippen LogP contribution < -0.4 is 15.3 Å². The quantitative estimate of drug-likeness (QED) is 0.647. The summed E-state index contributed by atoms with van der Waals surface area (Å²) < 4.78 is 8.19.